The van der Waals surface area contributed by atoms with Crippen LogP contribution in [-0.4, -0.2) is 15.8 Å². The first-order valence-corrected chi connectivity index (χ1v) is 8.75. The third kappa shape index (κ3) is 3.57. The summed E-state index contributed by atoms with van der Waals surface area (Å²) in [6, 6.07) is 13.2. The molecule has 0 aliphatic carbocycles. The average molecular weight is 360 g/mol. The minimum Gasteiger partial charge on any atom is -0.399 e. The number of amidine groups is 1. The molecule has 3 N–H and O–H groups in total. The molecular formula is C18H18ClN3OS. The van der Waals surface area contributed by atoms with Crippen LogP contribution < -0.4 is 11.1 Å². The second-order valence-electron chi connectivity index (χ2n) is 6.06. The number of halogens is 1. The van der Waals surface area contributed by atoms with Crippen LogP contribution >= 0.6 is 23.4 Å². The summed E-state index contributed by atoms with van der Waals surface area (Å²) in [7, 11) is 0. The summed E-state index contributed by atoms with van der Waals surface area (Å²) in [6.45, 7) is 3.85. The molecule has 3 rings (SSSR count). The summed E-state index contributed by atoms with van der Waals surface area (Å²) in [6.07, 6.45) is 0.590. The van der Waals surface area contributed by atoms with Crippen LogP contribution in [0.1, 0.15) is 18.1 Å². The van der Waals surface area contributed by atoms with Crippen LogP contribution in [0.15, 0.2) is 47.5 Å². The fraction of sp³-hybridized carbons (Fsp3) is 0.222. The van der Waals surface area contributed by atoms with E-state index in [0.717, 1.165) is 16.8 Å². The van der Waals surface area contributed by atoms with Crippen LogP contribution in [0.25, 0.3) is 0 Å². The number of rotatable bonds is 3. The van der Waals surface area contributed by atoms with Crippen molar-refractivity contribution in [3.05, 3.63) is 58.6 Å². The molecule has 2 aromatic carbocycles. The standard InChI is InChI=1S/C18H18ClN3OS/c1-11-8-14(6-7-15(11)19)21-17-22-16(23)18(2,24-17)10-12-4-3-5-13(20)9-12/h3-9H,10,20H2,1-2H3,(H,21,22,23). The van der Waals surface area contributed by atoms with Gasteiger partial charge in [-0.3, -0.25) is 4.79 Å². The minimum absolute atomic E-state index is 0.0423. The van der Waals surface area contributed by atoms with E-state index in [1.807, 2.05) is 56.3 Å². The first-order valence-electron chi connectivity index (χ1n) is 7.55. The maximum atomic E-state index is 12.4. The lowest BCUT2D eigenvalue weighted by Gasteiger charge is -2.18. The van der Waals surface area contributed by atoms with Gasteiger partial charge in [-0.05, 0) is 61.7 Å². The molecule has 1 saturated heterocycles. The van der Waals surface area contributed by atoms with Crippen LogP contribution in [0.5, 0.6) is 0 Å². The van der Waals surface area contributed by atoms with Gasteiger partial charge in [0.15, 0.2) is 5.17 Å². The zero-order valence-corrected chi connectivity index (χ0v) is 15.0. The lowest BCUT2D eigenvalue weighted by molar-refractivity contribution is -0.121. The van der Waals surface area contributed by atoms with Crippen LogP contribution in [0.3, 0.4) is 0 Å². The number of benzene rings is 2. The van der Waals surface area contributed by atoms with Gasteiger partial charge < -0.3 is 11.1 Å². The molecule has 0 saturated carbocycles. The van der Waals surface area contributed by atoms with Crippen LogP contribution in [-0.2, 0) is 11.2 Å². The Labute approximate surface area is 150 Å². The number of aliphatic imine (C=N–C) groups is 1. The quantitative estimate of drug-likeness (QED) is 0.811. The van der Waals surface area contributed by atoms with E-state index in [-0.39, 0.29) is 5.91 Å². The van der Waals surface area contributed by atoms with Gasteiger partial charge >= 0.3 is 0 Å². The highest BCUT2D eigenvalue weighted by molar-refractivity contribution is 8.16. The number of aryl methyl sites for hydroxylation is 1. The molecule has 24 heavy (non-hydrogen) atoms. The number of hydrogen-bond donors (Lipinski definition) is 2. The lowest BCUT2D eigenvalue weighted by atomic mass is 9.99. The van der Waals surface area contributed by atoms with Crippen molar-refractivity contribution >= 4 is 45.8 Å². The molecule has 124 valence electrons. The second kappa shape index (κ2) is 6.49. The predicted molar refractivity (Wildman–Crippen MR) is 102 cm³/mol. The normalized spacial score (nSPS) is 22.0. The molecular weight excluding hydrogens is 342 g/mol. The number of amides is 1. The maximum Gasteiger partial charge on any atom is 0.242 e. The van der Waals surface area contributed by atoms with Crippen LogP contribution in [0.4, 0.5) is 11.4 Å². The zero-order chi connectivity index (χ0) is 17.3. The summed E-state index contributed by atoms with van der Waals surface area (Å²) in [5.74, 6) is -0.0423. The Morgan fingerprint density at radius 2 is 2.08 bits per heavy atom. The van der Waals surface area contributed by atoms with E-state index >= 15 is 0 Å². The van der Waals surface area contributed by atoms with Gasteiger partial charge in [0.25, 0.3) is 0 Å². The van der Waals surface area contributed by atoms with Crippen molar-refractivity contribution in [1.82, 2.24) is 5.32 Å². The summed E-state index contributed by atoms with van der Waals surface area (Å²) in [5.41, 5.74) is 9.28. The highest BCUT2D eigenvalue weighted by Crippen LogP contribution is 2.36. The van der Waals surface area contributed by atoms with E-state index in [0.29, 0.717) is 22.3 Å². The number of carbonyl (C=O) groups is 1. The Morgan fingerprint density at radius 3 is 2.79 bits per heavy atom. The minimum atomic E-state index is -0.603. The van der Waals surface area contributed by atoms with Gasteiger partial charge in [0.1, 0.15) is 4.75 Å². The molecule has 4 nitrogen and oxygen atoms in total. The second-order valence-corrected chi connectivity index (χ2v) is 7.96. The van der Waals surface area contributed by atoms with Crippen molar-refractivity contribution in [1.29, 1.82) is 0 Å². The molecule has 2 aromatic rings. The SMILES string of the molecule is Cc1cc(N=C2NC(=O)C(C)(Cc3cccc(N)c3)S2)ccc1Cl. The fourth-order valence-electron chi connectivity index (χ4n) is 2.59. The molecule has 0 spiro atoms. The Balaban J connectivity index is 1.81. The zero-order valence-electron chi connectivity index (χ0n) is 13.5. The lowest BCUT2D eigenvalue weighted by Crippen LogP contribution is -2.35. The summed E-state index contributed by atoms with van der Waals surface area (Å²) in [4.78, 5) is 17.0. The number of nitrogens with zero attached hydrogens (tertiary/aromatic N) is 1. The number of anilines is 1. The number of nitrogens with two attached hydrogens (primary N) is 1. The molecule has 1 aliphatic heterocycles. The summed E-state index contributed by atoms with van der Waals surface area (Å²) in [5, 5.41) is 4.18. The van der Waals surface area contributed by atoms with Crippen molar-refractivity contribution in [3.8, 4) is 0 Å². The van der Waals surface area contributed by atoms with Crippen molar-refractivity contribution in [3.63, 3.8) is 0 Å². The molecule has 1 atom stereocenters. The van der Waals surface area contributed by atoms with E-state index in [9.17, 15) is 4.79 Å². The predicted octanol–water partition coefficient (Wildman–Crippen LogP) is 4.08. The number of nitrogen functional groups attached to an aromatic ring is 1. The largest absolute Gasteiger partial charge is 0.399 e. The number of nitrogens with one attached hydrogen (secondary N) is 1. The highest BCUT2D eigenvalue weighted by Gasteiger charge is 2.42. The van der Waals surface area contributed by atoms with Gasteiger partial charge in [-0.2, -0.15) is 0 Å². The molecule has 1 heterocycles. The van der Waals surface area contributed by atoms with Gasteiger partial charge in [-0.25, -0.2) is 4.99 Å². The number of carbonyl (C=O) groups excluding carboxylic acids is 1. The Bertz CT molecular complexity index is 837. The van der Waals surface area contributed by atoms with E-state index < -0.39 is 4.75 Å². The molecule has 1 amide bonds. The molecule has 6 heteroatoms. The van der Waals surface area contributed by atoms with Crippen LogP contribution in [0.2, 0.25) is 5.02 Å². The molecule has 0 bridgehead atoms. The fourth-order valence-corrected chi connectivity index (χ4v) is 3.81. The van der Waals surface area contributed by atoms with Gasteiger partial charge in [0, 0.05) is 10.7 Å². The Kier molecular flexibility index (Phi) is 4.56. The number of thioether (sulfide) groups is 1. The van der Waals surface area contributed by atoms with Crippen molar-refractivity contribution in [2.45, 2.75) is 25.0 Å². The Hall–Kier alpha value is -1.98. The Morgan fingerprint density at radius 1 is 1.29 bits per heavy atom. The van der Waals surface area contributed by atoms with E-state index in [2.05, 4.69) is 10.3 Å². The summed E-state index contributed by atoms with van der Waals surface area (Å²) >= 11 is 7.48. The third-order valence-corrected chi connectivity index (χ3v) is 5.48. The van der Waals surface area contributed by atoms with Gasteiger partial charge in [-0.15, -0.1) is 0 Å². The summed E-state index contributed by atoms with van der Waals surface area (Å²) < 4.78 is -0.603. The monoisotopic (exact) mass is 359 g/mol. The average Bonchev–Trinajstić information content (AvgIpc) is 2.77. The van der Waals surface area contributed by atoms with E-state index in [1.165, 1.54) is 11.8 Å². The van der Waals surface area contributed by atoms with Gasteiger partial charge in [0.05, 0.1) is 5.69 Å². The molecule has 1 fully saturated rings. The van der Waals surface area contributed by atoms with Gasteiger partial charge in [0.2, 0.25) is 5.91 Å². The first-order chi connectivity index (χ1) is 11.4. The maximum absolute atomic E-state index is 12.4. The topological polar surface area (TPSA) is 67.5 Å². The van der Waals surface area contributed by atoms with E-state index in [1.54, 1.807) is 0 Å². The molecule has 1 aliphatic rings. The van der Waals surface area contributed by atoms with Crippen molar-refractivity contribution < 1.29 is 4.79 Å². The molecule has 0 aromatic heterocycles. The smallest absolute Gasteiger partial charge is 0.242 e. The van der Waals surface area contributed by atoms with Crippen molar-refractivity contribution in [2.75, 3.05) is 5.73 Å². The van der Waals surface area contributed by atoms with E-state index in [4.69, 9.17) is 17.3 Å². The first kappa shape index (κ1) is 16.9. The third-order valence-electron chi connectivity index (χ3n) is 3.89. The van der Waals surface area contributed by atoms with Crippen LogP contribution in [0, 0.1) is 6.92 Å². The highest BCUT2D eigenvalue weighted by atomic mass is 35.5. The number of hydrogen-bond acceptors (Lipinski definition) is 4. The molecule has 1 unspecified atom stereocenters. The van der Waals surface area contributed by atoms with Gasteiger partial charge in [-0.1, -0.05) is 35.5 Å². The molecule has 0 radical (unpaired) electrons. The van der Waals surface area contributed by atoms with Crippen molar-refractivity contribution in [2.24, 2.45) is 4.99 Å².